The summed E-state index contributed by atoms with van der Waals surface area (Å²) < 4.78 is 20.0. The Bertz CT molecular complexity index is 722. The standard InChI is InChI=1S/C17H21FN4O3/c1-11(23)20-15-9-17(15)10-22(16(24)25-17)12-2-3-14(13(18)8-12)21-6-4-19-5-7-21/h2-3,8,15,19H,4-7,9-10H2,1H3,(H,20,23)/t15-,17-/m0/s1. The van der Waals surface area contributed by atoms with Crippen molar-refractivity contribution in [1.82, 2.24) is 10.6 Å². The zero-order valence-corrected chi connectivity index (χ0v) is 14.0. The van der Waals surface area contributed by atoms with Crippen molar-refractivity contribution >= 4 is 23.4 Å². The summed E-state index contributed by atoms with van der Waals surface area (Å²) in [5.74, 6) is -0.495. The highest BCUT2D eigenvalue weighted by molar-refractivity contribution is 5.91. The molecule has 3 aliphatic rings. The van der Waals surface area contributed by atoms with Gasteiger partial charge in [-0.25, -0.2) is 9.18 Å². The van der Waals surface area contributed by atoms with Crippen LogP contribution in [0.15, 0.2) is 18.2 Å². The van der Waals surface area contributed by atoms with Crippen molar-refractivity contribution < 1.29 is 18.7 Å². The van der Waals surface area contributed by atoms with Crippen molar-refractivity contribution in [2.75, 3.05) is 42.5 Å². The fraction of sp³-hybridized carbons (Fsp3) is 0.529. The van der Waals surface area contributed by atoms with Crippen LogP contribution in [0.5, 0.6) is 0 Å². The number of hydrogen-bond acceptors (Lipinski definition) is 5. The summed E-state index contributed by atoms with van der Waals surface area (Å²) in [4.78, 5) is 26.8. The molecule has 1 aliphatic carbocycles. The van der Waals surface area contributed by atoms with E-state index in [-0.39, 0.29) is 17.8 Å². The number of piperazine rings is 1. The third-order valence-corrected chi connectivity index (χ3v) is 5.04. The molecule has 8 heteroatoms. The summed E-state index contributed by atoms with van der Waals surface area (Å²) in [6.07, 6.45) is 0.0954. The van der Waals surface area contributed by atoms with Crippen molar-refractivity contribution in [3.05, 3.63) is 24.0 Å². The Hall–Kier alpha value is -2.35. The van der Waals surface area contributed by atoms with Crippen LogP contribution >= 0.6 is 0 Å². The van der Waals surface area contributed by atoms with Crippen LogP contribution < -0.4 is 20.4 Å². The van der Waals surface area contributed by atoms with Crippen molar-refractivity contribution in [2.24, 2.45) is 0 Å². The summed E-state index contributed by atoms with van der Waals surface area (Å²) in [6, 6.07) is 4.68. The van der Waals surface area contributed by atoms with Crippen LogP contribution in [0.1, 0.15) is 13.3 Å². The first-order valence-corrected chi connectivity index (χ1v) is 8.51. The Kier molecular flexibility index (Phi) is 3.79. The molecular formula is C17H21FN4O3. The molecule has 4 rings (SSSR count). The van der Waals surface area contributed by atoms with Gasteiger partial charge >= 0.3 is 6.09 Å². The quantitative estimate of drug-likeness (QED) is 0.847. The molecule has 2 heterocycles. The summed E-state index contributed by atoms with van der Waals surface area (Å²) in [5, 5.41) is 6.01. The Morgan fingerprint density at radius 1 is 1.40 bits per heavy atom. The number of anilines is 2. The maximum Gasteiger partial charge on any atom is 0.415 e. The lowest BCUT2D eigenvalue weighted by Crippen LogP contribution is -2.43. The molecule has 2 N–H and O–H groups in total. The number of benzene rings is 1. The minimum Gasteiger partial charge on any atom is -0.438 e. The maximum absolute atomic E-state index is 14.6. The Morgan fingerprint density at radius 3 is 2.84 bits per heavy atom. The molecular weight excluding hydrogens is 327 g/mol. The highest BCUT2D eigenvalue weighted by Gasteiger charge is 2.64. The Morgan fingerprint density at radius 2 is 2.16 bits per heavy atom. The molecule has 134 valence electrons. The molecule has 1 spiro atoms. The number of ether oxygens (including phenoxy) is 1. The molecule has 1 aromatic rings. The van der Waals surface area contributed by atoms with Gasteiger partial charge < -0.3 is 20.3 Å². The second kappa shape index (κ2) is 5.87. The van der Waals surface area contributed by atoms with E-state index in [2.05, 4.69) is 10.6 Å². The van der Waals surface area contributed by atoms with Crippen molar-refractivity contribution in [3.63, 3.8) is 0 Å². The predicted octanol–water partition coefficient (Wildman–Crippen LogP) is 0.839. The van der Waals surface area contributed by atoms with Crippen LogP contribution in [-0.2, 0) is 9.53 Å². The molecule has 2 saturated heterocycles. The van der Waals surface area contributed by atoms with Crippen molar-refractivity contribution in [3.8, 4) is 0 Å². The van der Waals surface area contributed by atoms with Gasteiger partial charge in [0.2, 0.25) is 5.91 Å². The van der Waals surface area contributed by atoms with Gasteiger partial charge in [-0.3, -0.25) is 9.69 Å². The molecule has 1 aromatic carbocycles. The summed E-state index contributed by atoms with van der Waals surface area (Å²) in [7, 11) is 0. The van der Waals surface area contributed by atoms with Gasteiger partial charge in [-0.1, -0.05) is 0 Å². The smallest absolute Gasteiger partial charge is 0.415 e. The monoisotopic (exact) mass is 348 g/mol. The van der Waals surface area contributed by atoms with E-state index in [4.69, 9.17) is 4.74 Å². The zero-order chi connectivity index (χ0) is 17.6. The molecule has 25 heavy (non-hydrogen) atoms. The van der Waals surface area contributed by atoms with Crippen LogP contribution in [0.4, 0.5) is 20.6 Å². The average Bonchev–Trinajstić information content (AvgIpc) is 3.10. The van der Waals surface area contributed by atoms with Crippen LogP contribution in [-0.4, -0.2) is 56.4 Å². The SMILES string of the molecule is CC(=O)N[C@H]1C[C@]12CN(c1ccc(N3CCNCC3)c(F)c1)C(=O)O2. The first-order chi connectivity index (χ1) is 12.0. The molecule has 2 amide bonds. The largest absolute Gasteiger partial charge is 0.438 e. The van der Waals surface area contributed by atoms with Crippen molar-refractivity contribution in [2.45, 2.75) is 25.0 Å². The van der Waals surface area contributed by atoms with E-state index < -0.39 is 11.7 Å². The first-order valence-electron chi connectivity index (χ1n) is 8.51. The molecule has 3 fully saturated rings. The predicted molar refractivity (Wildman–Crippen MR) is 90.3 cm³/mol. The van der Waals surface area contributed by atoms with E-state index in [1.807, 2.05) is 4.90 Å². The highest BCUT2D eigenvalue weighted by atomic mass is 19.1. The number of hydrogen-bond donors (Lipinski definition) is 2. The van der Waals surface area contributed by atoms with Gasteiger partial charge in [0.1, 0.15) is 5.82 Å². The van der Waals surface area contributed by atoms with Gasteiger partial charge in [0.15, 0.2) is 5.60 Å². The fourth-order valence-corrected chi connectivity index (χ4v) is 3.62. The van der Waals surface area contributed by atoms with Gasteiger partial charge in [-0.15, -0.1) is 0 Å². The third kappa shape index (κ3) is 2.90. The van der Waals surface area contributed by atoms with Crippen LogP contribution in [0.2, 0.25) is 0 Å². The topological polar surface area (TPSA) is 73.9 Å². The lowest BCUT2D eigenvalue weighted by molar-refractivity contribution is -0.119. The molecule has 2 aliphatic heterocycles. The average molecular weight is 348 g/mol. The number of carbonyl (C=O) groups excluding carboxylic acids is 2. The van der Waals surface area contributed by atoms with E-state index in [0.29, 0.717) is 24.3 Å². The lowest BCUT2D eigenvalue weighted by atomic mass is 10.2. The lowest BCUT2D eigenvalue weighted by Gasteiger charge is -2.30. The Labute approximate surface area is 145 Å². The van der Waals surface area contributed by atoms with Gasteiger partial charge in [-0.2, -0.15) is 0 Å². The number of amides is 2. The molecule has 0 radical (unpaired) electrons. The van der Waals surface area contributed by atoms with Gasteiger partial charge in [0.25, 0.3) is 0 Å². The number of halogens is 1. The number of carbonyl (C=O) groups is 2. The molecule has 2 atom stereocenters. The van der Waals surface area contributed by atoms with Gasteiger partial charge in [0, 0.05) is 39.5 Å². The van der Waals surface area contributed by atoms with Crippen molar-refractivity contribution in [1.29, 1.82) is 0 Å². The van der Waals surface area contributed by atoms with Gasteiger partial charge in [-0.05, 0) is 18.2 Å². The maximum atomic E-state index is 14.6. The number of nitrogens with one attached hydrogen (secondary N) is 2. The molecule has 7 nitrogen and oxygen atoms in total. The highest BCUT2D eigenvalue weighted by Crippen LogP contribution is 2.46. The summed E-state index contributed by atoms with van der Waals surface area (Å²) in [6.45, 7) is 4.92. The normalized spacial score (nSPS) is 28.2. The Balaban J connectivity index is 1.50. The summed E-state index contributed by atoms with van der Waals surface area (Å²) in [5.41, 5.74) is 0.359. The van der Waals surface area contributed by atoms with Crippen LogP contribution in [0.25, 0.3) is 0 Å². The van der Waals surface area contributed by atoms with E-state index in [0.717, 1.165) is 26.2 Å². The second-order valence-electron chi connectivity index (χ2n) is 6.85. The number of rotatable bonds is 3. The molecule has 0 unspecified atom stereocenters. The minimum atomic E-state index is -0.670. The molecule has 1 saturated carbocycles. The first kappa shape index (κ1) is 16.1. The number of nitrogens with zero attached hydrogens (tertiary/aromatic N) is 2. The summed E-state index contributed by atoms with van der Waals surface area (Å²) >= 11 is 0. The molecule has 0 aromatic heterocycles. The minimum absolute atomic E-state index is 0.150. The molecule has 0 bridgehead atoms. The van der Waals surface area contributed by atoms with E-state index >= 15 is 0 Å². The van der Waals surface area contributed by atoms with Crippen LogP contribution in [0.3, 0.4) is 0 Å². The zero-order valence-electron chi connectivity index (χ0n) is 14.0. The fourth-order valence-electron chi connectivity index (χ4n) is 3.62. The van der Waals surface area contributed by atoms with E-state index in [9.17, 15) is 14.0 Å². The van der Waals surface area contributed by atoms with Crippen LogP contribution in [0, 0.1) is 5.82 Å². The van der Waals surface area contributed by atoms with E-state index in [1.54, 1.807) is 12.1 Å². The third-order valence-electron chi connectivity index (χ3n) is 5.04. The van der Waals surface area contributed by atoms with E-state index in [1.165, 1.54) is 17.9 Å². The van der Waals surface area contributed by atoms with Gasteiger partial charge in [0.05, 0.1) is 24.0 Å². The second-order valence-corrected chi connectivity index (χ2v) is 6.85.